The van der Waals surface area contributed by atoms with E-state index in [-0.39, 0.29) is 6.03 Å². The van der Waals surface area contributed by atoms with Gasteiger partial charge in [-0.15, -0.1) is 0 Å². The van der Waals surface area contributed by atoms with Crippen LogP contribution in [0.1, 0.15) is 22.5 Å². The topological polar surface area (TPSA) is 80.0 Å². The fourth-order valence-corrected chi connectivity index (χ4v) is 2.45. The third-order valence-corrected chi connectivity index (χ3v) is 3.88. The van der Waals surface area contributed by atoms with Gasteiger partial charge in [0.2, 0.25) is 5.89 Å². The molecule has 0 saturated carbocycles. The van der Waals surface area contributed by atoms with Gasteiger partial charge in [0.25, 0.3) is 0 Å². The molecule has 6 nitrogen and oxygen atoms in total. The second-order valence-corrected chi connectivity index (χ2v) is 5.90. The van der Waals surface area contributed by atoms with Gasteiger partial charge in [-0.25, -0.2) is 9.78 Å². The fraction of sp³-hybridized carbons (Fsp3) is 0.211. The summed E-state index contributed by atoms with van der Waals surface area (Å²) in [6, 6.07) is 9.17. The van der Waals surface area contributed by atoms with Crippen molar-refractivity contribution in [3.8, 4) is 11.5 Å². The molecular formula is C19H20N4O2. The Balaban J connectivity index is 1.68. The number of urea groups is 1. The highest BCUT2D eigenvalue weighted by Gasteiger charge is 2.10. The zero-order valence-electron chi connectivity index (χ0n) is 14.5. The van der Waals surface area contributed by atoms with Crippen molar-refractivity contribution in [1.29, 1.82) is 0 Å². The van der Waals surface area contributed by atoms with E-state index in [1.54, 1.807) is 12.5 Å². The Hall–Kier alpha value is -3.15. The van der Waals surface area contributed by atoms with Crippen LogP contribution < -0.4 is 10.6 Å². The molecule has 1 aromatic carbocycles. The number of nitrogens with one attached hydrogen (secondary N) is 2. The highest BCUT2D eigenvalue weighted by molar-refractivity contribution is 5.90. The van der Waals surface area contributed by atoms with Crippen molar-refractivity contribution in [3.63, 3.8) is 0 Å². The third kappa shape index (κ3) is 4.03. The van der Waals surface area contributed by atoms with Crippen LogP contribution in [-0.4, -0.2) is 16.0 Å². The molecule has 25 heavy (non-hydrogen) atoms. The molecule has 2 amide bonds. The number of aromatic nitrogens is 2. The summed E-state index contributed by atoms with van der Waals surface area (Å²) in [5.74, 6) is 0.545. The first-order valence-electron chi connectivity index (χ1n) is 8.01. The fourth-order valence-electron chi connectivity index (χ4n) is 2.45. The molecule has 0 atom stereocenters. The van der Waals surface area contributed by atoms with Crippen LogP contribution in [0.2, 0.25) is 0 Å². The Morgan fingerprint density at radius 3 is 2.72 bits per heavy atom. The Kier molecular flexibility index (Phi) is 4.79. The van der Waals surface area contributed by atoms with E-state index in [1.165, 1.54) is 0 Å². The number of nitrogens with zero attached hydrogens (tertiary/aromatic N) is 2. The molecule has 0 aliphatic rings. The highest BCUT2D eigenvalue weighted by atomic mass is 16.3. The van der Waals surface area contributed by atoms with Crippen molar-refractivity contribution in [2.75, 3.05) is 5.32 Å². The van der Waals surface area contributed by atoms with E-state index in [4.69, 9.17) is 4.42 Å². The minimum absolute atomic E-state index is 0.288. The van der Waals surface area contributed by atoms with Crippen molar-refractivity contribution in [2.45, 2.75) is 27.3 Å². The number of pyridine rings is 1. The minimum Gasteiger partial charge on any atom is -0.444 e. The molecule has 2 aromatic heterocycles. The first kappa shape index (κ1) is 16.7. The van der Waals surface area contributed by atoms with Gasteiger partial charge < -0.3 is 15.1 Å². The van der Waals surface area contributed by atoms with E-state index in [1.807, 2.05) is 51.1 Å². The second kappa shape index (κ2) is 7.17. The normalized spacial score (nSPS) is 10.5. The van der Waals surface area contributed by atoms with E-state index in [2.05, 4.69) is 20.6 Å². The monoisotopic (exact) mass is 336 g/mol. The highest BCUT2D eigenvalue weighted by Crippen LogP contribution is 2.26. The standard InChI is InChI=1S/C19H20N4O2/c1-12-6-7-15(9-16(12)18-22-14(3)11-25-18)23-19(24)21-10-17-13(2)5-4-8-20-17/h4-9,11H,10H2,1-3H3,(H2,21,23,24). The Labute approximate surface area is 146 Å². The van der Waals surface area contributed by atoms with E-state index < -0.39 is 0 Å². The summed E-state index contributed by atoms with van der Waals surface area (Å²) in [6.45, 7) is 6.18. The van der Waals surface area contributed by atoms with Crippen LogP contribution in [0.4, 0.5) is 10.5 Å². The molecule has 2 heterocycles. The average Bonchev–Trinajstić information content (AvgIpc) is 3.02. The van der Waals surface area contributed by atoms with Crippen LogP contribution in [0.5, 0.6) is 0 Å². The SMILES string of the molecule is Cc1coc(-c2cc(NC(=O)NCc3ncccc3C)ccc2C)n1. The van der Waals surface area contributed by atoms with Crippen LogP contribution >= 0.6 is 0 Å². The number of benzene rings is 1. The van der Waals surface area contributed by atoms with Crippen molar-refractivity contribution in [2.24, 2.45) is 0 Å². The van der Waals surface area contributed by atoms with Gasteiger partial charge in [0.1, 0.15) is 6.26 Å². The number of oxazole rings is 1. The predicted octanol–water partition coefficient (Wildman–Crippen LogP) is 3.98. The maximum Gasteiger partial charge on any atom is 0.319 e. The molecule has 0 aliphatic carbocycles. The molecule has 0 unspecified atom stereocenters. The van der Waals surface area contributed by atoms with E-state index in [0.717, 1.165) is 28.1 Å². The smallest absolute Gasteiger partial charge is 0.319 e. The van der Waals surface area contributed by atoms with Crippen molar-refractivity contribution in [1.82, 2.24) is 15.3 Å². The van der Waals surface area contributed by atoms with Gasteiger partial charge >= 0.3 is 6.03 Å². The molecule has 0 aliphatic heterocycles. The molecular weight excluding hydrogens is 316 g/mol. The summed E-state index contributed by atoms with van der Waals surface area (Å²) in [6.07, 6.45) is 3.32. The summed E-state index contributed by atoms with van der Waals surface area (Å²) in [5, 5.41) is 5.64. The number of carbonyl (C=O) groups is 1. The van der Waals surface area contributed by atoms with Crippen molar-refractivity contribution in [3.05, 3.63) is 65.3 Å². The number of rotatable bonds is 4. The number of aryl methyl sites for hydroxylation is 3. The van der Waals surface area contributed by atoms with Crippen LogP contribution in [0.15, 0.2) is 47.2 Å². The van der Waals surface area contributed by atoms with E-state index in [9.17, 15) is 4.79 Å². The van der Waals surface area contributed by atoms with E-state index >= 15 is 0 Å². The third-order valence-electron chi connectivity index (χ3n) is 3.88. The van der Waals surface area contributed by atoms with Gasteiger partial charge in [0, 0.05) is 17.4 Å². The molecule has 2 N–H and O–H groups in total. The van der Waals surface area contributed by atoms with Crippen LogP contribution in [0, 0.1) is 20.8 Å². The summed E-state index contributed by atoms with van der Waals surface area (Å²) in [7, 11) is 0. The Bertz CT molecular complexity index is 902. The first-order chi connectivity index (χ1) is 12.0. The van der Waals surface area contributed by atoms with E-state index in [0.29, 0.717) is 18.1 Å². The molecule has 0 spiro atoms. The number of carbonyl (C=O) groups excluding carboxylic acids is 1. The lowest BCUT2D eigenvalue weighted by molar-refractivity contribution is 0.251. The Morgan fingerprint density at radius 1 is 1.16 bits per heavy atom. The molecule has 0 radical (unpaired) electrons. The minimum atomic E-state index is -0.288. The predicted molar refractivity (Wildman–Crippen MR) is 96.2 cm³/mol. The maximum atomic E-state index is 12.1. The van der Waals surface area contributed by atoms with Gasteiger partial charge in [-0.1, -0.05) is 12.1 Å². The largest absolute Gasteiger partial charge is 0.444 e. The van der Waals surface area contributed by atoms with Gasteiger partial charge in [-0.05, 0) is 50.1 Å². The molecule has 3 rings (SSSR count). The number of anilines is 1. The van der Waals surface area contributed by atoms with Crippen LogP contribution in [0.25, 0.3) is 11.5 Å². The van der Waals surface area contributed by atoms with Gasteiger partial charge in [-0.3, -0.25) is 4.98 Å². The maximum absolute atomic E-state index is 12.1. The summed E-state index contributed by atoms with van der Waals surface area (Å²) < 4.78 is 5.46. The van der Waals surface area contributed by atoms with Crippen LogP contribution in [-0.2, 0) is 6.54 Å². The number of hydrogen-bond acceptors (Lipinski definition) is 4. The summed E-state index contributed by atoms with van der Waals surface area (Å²) >= 11 is 0. The van der Waals surface area contributed by atoms with Gasteiger partial charge in [0.05, 0.1) is 17.9 Å². The summed E-state index contributed by atoms with van der Waals surface area (Å²) in [5.41, 5.74) is 5.25. The zero-order valence-corrected chi connectivity index (χ0v) is 14.5. The first-order valence-corrected chi connectivity index (χ1v) is 8.01. The van der Waals surface area contributed by atoms with Crippen LogP contribution in [0.3, 0.4) is 0 Å². The second-order valence-electron chi connectivity index (χ2n) is 5.90. The zero-order chi connectivity index (χ0) is 17.8. The van der Waals surface area contributed by atoms with Gasteiger partial charge in [-0.2, -0.15) is 0 Å². The molecule has 6 heteroatoms. The lowest BCUT2D eigenvalue weighted by Gasteiger charge is -2.10. The molecule has 0 fully saturated rings. The average molecular weight is 336 g/mol. The number of amides is 2. The van der Waals surface area contributed by atoms with Gasteiger partial charge in [0.15, 0.2) is 0 Å². The van der Waals surface area contributed by atoms with Crippen molar-refractivity contribution >= 4 is 11.7 Å². The lowest BCUT2D eigenvalue weighted by Crippen LogP contribution is -2.28. The van der Waals surface area contributed by atoms with Crippen molar-refractivity contribution < 1.29 is 9.21 Å². The Morgan fingerprint density at radius 2 is 2.00 bits per heavy atom. The molecule has 3 aromatic rings. The lowest BCUT2D eigenvalue weighted by atomic mass is 10.1. The molecule has 128 valence electrons. The quantitative estimate of drug-likeness (QED) is 0.755. The molecule has 0 saturated heterocycles. The number of hydrogen-bond donors (Lipinski definition) is 2. The molecule has 0 bridgehead atoms. The summed E-state index contributed by atoms with van der Waals surface area (Å²) in [4.78, 5) is 20.8.